The van der Waals surface area contributed by atoms with Crippen LogP contribution < -0.4 is 5.32 Å². The molecule has 1 aliphatic carbocycles. The van der Waals surface area contributed by atoms with Gasteiger partial charge in [0.15, 0.2) is 0 Å². The Balaban J connectivity index is 1.54. The van der Waals surface area contributed by atoms with Gasteiger partial charge in [0.25, 0.3) is 5.91 Å². The van der Waals surface area contributed by atoms with Gasteiger partial charge in [-0.15, -0.1) is 11.3 Å². The zero-order chi connectivity index (χ0) is 18.3. The van der Waals surface area contributed by atoms with Crippen molar-refractivity contribution in [2.24, 2.45) is 0 Å². The topological polar surface area (TPSA) is 42.0 Å². The standard InChI is InChI=1S/C19H13Cl3N2OS/c20-11-3-5-14(15(21)7-11)18(25)23-12-4-6-13(16(22)8-12)17-9-26-19(24-17)10-1-2-10/h3-10H,1-2H2,(H,23,25). The lowest BCUT2D eigenvalue weighted by atomic mass is 10.1. The first-order valence-corrected chi connectivity index (χ1v) is 10.0. The molecule has 4 rings (SSSR count). The second-order valence-electron chi connectivity index (χ2n) is 6.12. The van der Waals surface area contributed by atoms with Gasteiger partial charge in [0.05, 0.1) is 26.3 Å². The number of benzene rings is 2. The van der Waals surface area contributed by atoms with E-state index in [0.29, 0.717) is 32.2 Å². The zero-order valence-corrected chi connectivity index (χ0v) is 16.5. The second kappa shape index (κ2) is 7.20. The highest BCUT2D eigenvalue weighted by Crippen LogP contribution is 2.43. The summed E-state index contributed by atoms with van der Waals surface area (Å²) in [6.07, 6.45) is 2.44. The summed E-state index contributed by atoms with van der Waals surface area (Å²) in [5, 5.41) is 7.32. The number of rotatable bonds is 4. The van der Waals surface area contributed by atoms with Crippen LogP contribution in [0.15, 0.2) is 41.8 Å². The van der Waals surface area contributed by atoms with E-state index in [4.69, 9.17) is 34.8 Å². The van der Waals surface area contributed by atoms with Crippen molar-refractivity contribution in [1.82, 2.24) is 4.98 Å². The molecule has 1 aromatic heterocycles. The smallest absolute Gasteiger partial charge is 0.257 e. The molecule has 0 bridgehead atoms. The average Bonchev–Trinajstić information content (AvgIpc) is 3.33. The average molecular weight is 424 g/mol. The van der Waals surface area contributed by atoms with Gasteiger partial charge in [-0.05, 0) is 49.2 Å². The summed E-state index contributed by atoms with van der Waals surface area (Å²) in [6.45, 7) is 0. The summed E-state index contributed by atoms with van der Waals surface area (Å²) in [4.78, 5) is 17.1. The largest absolute Gasteiger partial charge is 0.322 e. The van der Waals surface area contributed by atoms with Crippen LogP contribution in [0.4, 0.5) is 5.69 Å². The van der Waals surface area contributed by atoms with Gasteiger partial charge >= 0.3 is 0 Å². The fourth-order valence-corrected chi connectivity index (χ4v) is 4.36. The van der Waals surface area contributed by atoms with Crippen LogP contribution >= 0.6 is 46.1 Å². The number of nitrogens with one attached hydrogen (secondary N) is 1. The minimum Gasteiger partial charge on any atom is -0.322 e. The molecule has 1 N–H and O–H groups in total. The van der Waals surface area contributed by atoms with Crippen molar-refractivity contribution in [3.63, 3.8) is 0 Å². The highest BCUT2D eigenvalue weighted by atomic mass is 35.5. The highest BCUT2D eigenvalue weighted by Gasteiger charge is 2.27. The Labute approximate surface area is 169 Å². The summed E-state index contributed by atoms with van der Waals surface area (Å²) in [5.41, 5.74) is 2.68. The lowest BCUT2D eigenvalue weighted by molar-refractivity contribution is 0.102. The minimum absolute atomic E-state index is 0.299. The summed E-state index contributed by atoms with van der Waals surface area (Å²) in [6, 6.07) is 10.1. The van der Waals surface area contributed by atoms with Gasteiger partial charge in [0, 0.05) is 27.6 Å². The predicted molar refractivity (Wildman–Crippen MR) is 109 cm³/mol. The van der Waals surface area contributed by atoms with Crippen LogP contribution in [0.5, 0.6) is 0 Å². The number of nitrogens with zero attached hydrogens (tertiary/aromatic N) is 1. The fraction of sp³-hybridized carbons (Fsp3) is 0.158. The molecular formula is C19H13Cl3N2OS. The van der Waals surface area contributed by atoms with Crippen LogP contribution in [-0.4, -0.2) is 10.9 Å². The van der Waals surface area contributed by atoms with Crippen LogP contribution in [0.1, 0.15) is 34.1 Å². The van der Waals surface area contributed by atoms with Crippen LogP contribution in [0, 0.1) is 0 Å². The van der Waals surface area contributed by atoms with E-state index in [-0.39, 0.29) is 5.91 Å². The molecule has 3 aromatic rings. The number of thiazole rings is 1. The number of hydrogen-bond acceptors (Lipinski definition) is 3. The molecule has 3 nitrogen and oxygen atoms in total. The molecule has 0 radical (unpaired) electrons. The third kappa shape index (κ3) is 3.74. The summed E-state index contributed by atoms with van der Waals surface area (Å²) in [5.74, 6) is 0.301. The summed E-state index contributed by atoms with van der Waals surface area (Å²) >= 11 is 20.0. The lowest BCUT2D eigenvalue weighted by Crippen LogP contribution is -2.12. The molecule has 0 atom stereocenters. The van der Waals surface area contributed by atoms with Gasteiger partial charge in [0.1, 0.15) is 0 Å². The van der Waals surface area contributed by atoms with Gasteiger partial charge in [0.2, 0.25) is 0 Å². The van der Waals surface area contributed by atoms with Crippen molar-refractivity contribution in [1.29, 1.82) is 0 Å². The zero-order valence-electron chi connectivity index (χ0n) is 13.4. The number of carbonyl (C=O) groups excluding carboxylic acids is 1. The van der Waals surface area contributed by atoms with E-state index >= 15 is 0 Å². The normalized spacial score (nSPS) is 13.7. The summed E-state index contributed by atoms with van der Waals surface area (Å²) < 4.78 is 0. The van der Waals surface area contributed by atoms with Crippen LogP contribution in [-0.2, 0) is 0 Å². The molecule has 2 aromatic carbocycles. The fourth-order valence-electron chi connectivity index (χ4n) is 2.60. The number of amides is 1. The van der Waals surface area contributed by atoms with Crippen molar-refractivity contribution in [2.45, 2.75) is 18.8 Å². The van der Waals surface area contributed by atoms with Crippen LogP contribution in [0.3, 0.4) is 0 Å². The van der Waals surface area contributed by atoms with Crippen molar-refractivity contribution in [3.8, 4) is 11.3 Å². The molecular weight excluding hydrogens is 411 g/mol. The van der Waals surface area contributed by atoms with Crippen molar-refractivity contribution in [2.75, 3.05) is 5.32 Å². The molecule has 1 aliphatic rings. The third-order valence-electron chi connectivity index (χ3n) is 4.13. The Hall–Kier alpha value is -1.59. The predicted octanol–water partition coefficient (Wildman–Crippen LogP) is 6.90. The van der Waals surface area contributed by atoms with E-state index in [1.807, 2.05) is 11.4 Å². The third-order valence-corrected chi connectivity index (χ3v) is 5.99. The molecule has 26 heavy (non-hydrogen) atoms. The molecule has 1 saturated carbocycles. The maximum absolute atomic E-state index is 12.4. The maximum atomic E-state index is 12.4. The number of carbonyl (C=O) groups is 1. The van der Waals surface area contributed by atoms with Gasteiger partial charge in [-0.25, -0.2) is 4.98 Å². The molecule has 0 saturated heterocycles. The Kier molecular flexibility index (Phi) is 4.93. The first-order valence-electron chi connectivity index (χ1n) is 8.03. The summed E-state index contributed by atoms with van der Waals surface area (Å²) in [7, 11) is 0. The van der Waals surface area contributed by atoms with E-state index in [1.54, 1.807) is 35.6 Å². The lowest BCUT2D eigenvalue weighted by Gasteiger charge is -2.09. The van der Waals surface area contributed by atoms with Gasteiger partial charge < -0.3 is 5.32 Å². The van der Waals surface area contributed by atoms with Gasteiger partial charge in [-0.1, -0.05) is 34.8 Å². The van der Waals surface area contributed by atoms with E-state index in [1.165, 1.54) is 23.9 Å². The highest BCUT2D eigenvalue weighted by molar-refractivity contribution is 7.10. The molecule has 0 spiro atoms. The molecule has 0 aliphatic heterocycles. The number of halogens is 3. The minimum atomic E-state index is -0.319. The number of aromatic nitrogens is 1. The monoisotopic (exact) mass is 422 g/mol. The molecule has 1 heterocycles. The van der Waals surface area contributed by atoms with E-state index in [2.05, 4.69) is 10.3 Å². The molecule has 132 valence electrons. The molecule has 7 heteroatoms. The van der Waals surface area contributed by atoms with E-state index < -0.39 is 0 Å². The van der Waals surface area contributed by atoms with Crippen LogP contribution in [0.2, 0.25) is 15.1 Å². The number of anilines is 1. The Bertz CT molecular complexity index is 998. The van der Waals surface area contributed by atoms with Crippen LogP contribution in [0.25, 0.3) is 11.3 Å². The van der Waals surface area contributed by atoms with Gasteiger partial charge in [-0.3, -0.25) is 4.79 Å². The molecule has 1 fully saturated rings. The quantitative estimate of drug-likeness (QED) is 0.496. The van der Waals surface area contributed by atoms with Crippen molar-refractivity contribution < 1.29 is 4.79 Å². The number of hydrogen-bond donors (Lipinski definition) is 1. The van der Waals surface area contributed by atoms with Crippen molar-refractivity contribution >= 4 is 57.7 Å². The SMILES string of the molecule is O=C(Nc1ccc(-c2csc(C3CC3)n2)c(Cl)c1)c1ccc(Cl)cc1Cl. The first kappa shape index (κ1) is 17.8. The Morgan fingerprint density at radius 3 is 2.58 bits per heavy atom. The van der Waals surface area contributed by atoms with E-state index in [9.17, 15) is 4.79 Å². The second-order valence-corrected chi connectivity index (χ2v) is 8.26. The molecule has 1 amide bonds. The first-order chi connectivity index (χ1) is 12.5. The maximum Gasteiger partial charge on any atom is 0.257 e. The van der Waals surface area contributed by atoms with Gasteiger partial charge in [-0.2, -0.15) is 0 Å². The van der Waals surface area contributed by atoms with Crippen molar-refractivity contribution in [3.05, 3.63) is 67.4 Å². The van der Waals surface area contributed by atoms with E-state index in [0.717, 1.165) is 11.3 Å². The Morgan fingerprint density at radius 2 is 1.88 bits per heavy atom. The Morgan fingerprint density at radius 1 is 1.08 bits per heavy atom. The molecule has 0 unspecified atom stereocenters.